The molecule has 0 aliphatic carbocycles. The van der Waals surface area contributed by atoms with Crippen molar-refractivity contribution >= 4 is 23.2 Å². The first kappa shape index (κ1) is 22.4. The SMILES string of the molecule is COc1ccccc1NC(=O)c1ccc(NC(=O)CN(C)C(C)C(C)(C)C)cc1. The average molecular weight is 398 g/mol. The molecule has 2 rings (SSSR count). The number of para-hydroxylation sites is 2. The van der Waals surface area contributed by atoms with Crippen molar-refractivity contribution < 1.29 is 14.3 Å². The van der Waals surface area contributed by atoms with E-state index in [-0.39, 0.29) is 23.3 Å². The molecule has 0 heterocycles. The largest absolute Gasteiger partial charge is 0.495 e. The second kappa shape index (κ2) is 9.56. The normalized spacial score (nSPS) is 12.4. The number of ether oxygens (including phenoxy) is 1. The molecule has 0 saturated carbocycles. The predicted molar refractivity (Wildman–Crippen MR) is 118 cm³/mol. The van der Waals surface area contributed by atoms with Crippen molar-refractivity contribution in [2.75, 3.05) is 31.3 Å². The van der Waals surface area contributed by atoms with E-state index in [0.717, 1.165) is 0 Å². The van der Waals surface area contributed by atoms with Crippen LogP contribution in [0.1, 0.15) is 38.1 Å². The van der Waals surface area contributed by atoms with Crippen molar-refractivity contribution in [1.29, 1.82) is 0 Å². The van der Waals surface area contributed by atoms with E-state index in [9.17, 15) is 9.59 Å². The van der Waals surface area contributed by atoms with E-state index in [1.165, 1.54) is 0 Å². The molecule has 0 aromatic heterocycles. The number of carbonyl (C=O) groups excluding carboxylic acids is 2. The first-order valence-electron chi connectivity index (χ1n) is 9.66. The van der Waals surface area contributed by atoms with Crippen LogP contribution in [0.4, 0.5) is 11.4 Å². The van der Waals surface area contributed by atoms with E-state index in [2.05, 4.69) is 38.3 Å². The first-order chi connectivity index (χ1) is 13.6. The minimum atomic E-state index is -0.244. The summed E-state index contributed by atoms with van der Waals surface area (Å²) in [7, 11) is 3.50. The highest BCUT2D eigenvalue weighted by atomic mass is 16.5. The van der Waals surface area contributed by atoms with Crippen LogP contribution in [0.2, 0.25) is 0 Å². The Labute approximate surface area is 173 Å². The van der Waals surface area contributed by atoms with Crippen LogP contribution in [0, 0.1) is 5.41 Å². The number of anilines is 2. The summed E-state index contributed by atoms with van der Waals surface area (Å²) in [4.78, 5) is 26.8. The maximum atomic E-state index is 12.5. The number of nitrogens with zero attached hydrogens (tertiary/aromatic N) is 1. The summed E-state index contributed by atoms with van der Waals surface area (Å²) in [5, 5.41) is 5.71. The van der Waals surface area contributed by atoms with Gasteiger partial charge >= 0.3 is 0 Å². The quantitative estimate of drug-likeness (QED) is 0.733. The molecule has 0 spiro atoms. The number of likely N-dealkylation sites (N-methyl/N-ethyl adjacent to an activating group) is 1. The summed E-state index contributed by atoms with van der Waals surface area (Å²) < 4.78 is 5.25. The molecule has 2 aromatic carbocycles. The first-order valence-corrected chi connectivity index (χ1v) is 9.66. The highest BCUT2D eigenvalue weighted by Gasteiger charge is 2.25. The number of carbonyl (C=O) groups is 2. The summed E-state index contributed by atoms with van der Waals surface area (Å²) >= 11 is 0. The third-order valence-electron chi connectivity index (χ3n) is 5.09. The van der Waals surface area contributed by atoms with Gasteiger partial charge in [-0.15, -0.1) is 0 Å². The van der Waals surface area contributed by atoms with E-state index < -0.39 is 0 Å². The Morgan fingerprint density at radius 2 is 1.66 bits per heavy atom. The molecule has 1 unspecified atom stereocenters. The van der Waals surface area contributed by atoms with Gasteiger partial charge in [0.2, 0.25) is 5.91 Å². The number of amides is 2. The van der Waals surface area contributed by atoms with Gasteiger partial charge in [-0.2, -0.15) is 0 Å². The lowest BCUT2D eigenvalue weighted by Gasteiger charge is -2.34. The van der Waals surface area contributed by atoms with Gasteiger partial charge in [-0.25, -0.2) is 0 Å². The van der Waals surface area contributed by atoms with E-state index in [1.54, 1.807) is 43.5 Å². The monoisotopic (exact) mass is 397 g/mol. The lowest BCUT2D eigenvalue weighted by atomic mass is 9.87. The highest BCUT2D eigenvalue weighted by molar-refractivity contribution is 6.05. The molecule has 2 amide bonds. The fourth-order valence-corrected chi connectivity index (χ4v) is 2.87. The average Bonchev–Trinajstić information content (AvgIpc) is 2.67. The number of rotatable bonds is 7. The van der Waals surface area contributed by atoms with Crippen LogP contribution >= 0.6 is 0 Å². The van der Waals surface area contributed by atoms with Crippen LogP contribution in [0.3, 0.4) is 0 Å². The minimum Gasteiger partial charge on any atom is -0.495 e. The van der Waals surface area contributed by atoms with Gasteiger partial charge in [-0.1, -0.05) is 32.9 Å². The molecule has 0 saturated heterocycles. The molecular formula is C23H31N3O3. The van der Waals surface area contributed by atoms with Crippen LogP contribution in [0.15, 0.2) is 48.5 Å². The van der Waals surface area contributed by atoms with Crippen molar-refractivity contribution in [2.24, 2.45) is 5.41 Å². The standard InChI is InChI=1S/C23H31N3O3/c1-16(23(2,3)4)26(5)15-21(27)24-18-13-11-17(12-14-18)22(28)25-19-9-7-8-10-20(19)29-6/h7-14,16H,15H2,1-6H3,(H,24,27)(H,25,28). The van der Waals surface area contributed by atoms with Crippen molar-refractivity contribution in [3.8, 4) is 5.75 Å². The van der Waals surface area contributed by atoms with Crippen LogP contribution in [-0.2, 0) is 4.79 Å². The second-order valence-corrected chi connectivity index (χ2v) is 8.24. The molecule has 156 valence electrons. The molecule has 2 aromatic rings. The third-order valence-corrected chi connectivity index (χ3v) is 5.09. The summed E-state index contributed by atoms with van der Waals surface area (Å²) in [5.41, 5.74) is 1.84. The van der Waals surface area contributed by atoms with Crippen LogP contribution in [0.25, 0.3) is 0 Å². The predicted octanol–water partition coefficient (Wildman–Crippen LogP) is 4.25. The minimum absolute atomic E-state index is 0.0881. The summed E-state index contributed by atoms with van der Waals surface area (Å²) in [6, 6.07) is 14.3. The van der Waals surface area contributed by atoms with Gasteiger partial charge in [0, 0.05) is 17.3 Å². The maximum absolute atomic E-state index is 12.5. The Morgan fingerprint density at radius 1 is 1.03 bits per heavy atom. The molecule has 29 heavy (non-hydrogen) atoms. The van der Waals surface area contributed by atoms with Gasteiger partial charge in [-0.05, 0) is 55.8 Å². The maximum Gasteiger partial charge on any atom is 0.255 e. The van der Waals surface area contributed by atoms with Crippen LogP contribution in [0.5, 0.6) is 5.75 Å². The van der Waals surface area contributed by atoms with Crippen molar-refractivity contribution in [1.82, 2.24) is 4.90 Å². The molecule has 0 aliphatic rings. The van der Waals surface area contributed by atoms with E-state index in [0.29, 0.717) is 29.2 Å². The fraction of sp³-hybridized carbons (Fsp3) is 0.391. The topological polar surface area (TPSA) is 70.7 Å². The van der Waals surface area contributed by atoms with Gasteiger partial charge in [0.15, 0.2) is 0 Å². The number of nitrogens with one attached hydrogen (secondary N) is 2. The zero-order valence-corrected chi connectivity index (χ0v) is 18.1. The molecule has 6 heteroatoms. The molecule has 6 nitrogen and oxygen atoms in total. The Morgan fingerprint density at radius 3 is 2.24 bits per heavy atom. The Kier molecular flexibility index (Phi) is 7.40. The van der Waals surface area contributed by atoms with Crippen molar-refractivity contribution in [3.63, 3.8) is 0 Å². The van der Waals surface area contributed by atoms with E-state index >= 15 is 0 Å². The molecule has 1 atom stereocenters. The summed E-state index contributed by atoms with van der Waals surface area (Å²) in [5.74, 6) is 0.263. The van der Waals surface area contributed by atoms with Gasteiger partial charge < -0.3 is 15.4 Å². The lowest BCUT2D eigenvalue weighted by Crippen LogP contribution is -2.43. The van der Waals surface area contributed by atoms with Crippen LogP contribution < -0.4 is 15.4 Å². The Balaban J connectivity index is 1.96. The zero-order chi connectivity index (χ0) is 21.6. The van der Waals surface area contributed by atoms with E-state index in [4.69, 9.17) is 4.74 Å². The lowest BCUT2D eigenvalue weighted by molar-refractivity contribution is -0.117. The number of hydrogen-bond donors (Lipinski definition) is 2. The zero-order valence-electron chi connectivity index (χ0n) is 18.1. The molecule has 0 aliphatic heterocycles. The second-order valence-electron chi connectivity index (χ2n) is 8.24. The Hall–Kier alpha value is -2.86. The molecule has 0 radical (unpaired) electrons. The number of hydrogen-bond acceptors (Lipinski definition) is 4. The van der Waals surface area contributed by atoms with Gasteiger partial charge in [0.05, 0.1) is 19.3 Å². The smallest absolute Gasteiger partial charge is 0.255 e. The molecule has 2 N–H and O–H groups in total. The number of methoxy groups -OCH3 is 1. The van der Waals surface area contributed by atoms with Crippen LogP contribution in [-0.4, -0.2) is 43.5 Å². The third kappa shape index (κ3) is 6.32. The van der Waals surface area contributed by atoms with Crippen molar-refractivity contribution in [2.45, 2.75) is 33.7 Å². The fourth-order valence-electron chi connectivity index (χ4n) is 2.87. The summed E-state index contributed by atoms with van der Waals surface area (Å²) in [6.07, 6.45) is 0. The van der Waals surface area contributed by atoms with Gasteiger partial charge in [0.1, 0.15) is 5.75 Å². The van der Waals surface area contributed by atoms with E-state index in [1.807, 2.05) is 24.1 Å². The molecule has 0 bridgehead atoms. The highest BCUT2D eigenvalue weighted by Crippen LogP contribution is 2.24. The van der Waals surface area contributed by atoms with Gasteiger partial charge in [0.25, 0.3) is 5.91 Å². The Bertz CT molecular complexity index is 841. The molecular weight excluding hydrogens is 366 g/mol. The summed E-state index contributed by atoms with van der Waals surface area (Å²) in [6.45, 7) is 8.87. The number of benzene rings is 2. The van der Waals surface area contributed by atoms with Gasteiger partial charge in [-0.3, -0.25) is 14.5 Å². The van der Waals surface area contributed by atoms with Crippen molar-refractivity contribution in [3.05, 3.63) is 54.1 Å². The molecule has 0 fully saturated rings.